The average Bonchev–Trinajstić information content (AvgIpc) is 2.57. The van der Waals surface area contributed by atoms with Gasteiger partial charge in [0.15, 0.2) is 0 Å². The van der Waals surface area contributed by atoms with Crippen molar-refractivity contribution in [2.75, 3.05) is 5.43 Å². The molecule has 1 atom stereocenters. The van der Waals surface area contributed by atoms with Gasteiger partial charge in [0.2, 0.25) is 0 Å². The van der Waals surface area contributed by atoms with Crippen LogP contribution >= 0.6 is 24.0 Å². The molecule has 1 heterocycles. The lowest BCUT2D eigenvalue weighted by atomic mass is 10.2. The quantitative estimate of drug-likeness (QED) is 0.739. The Morgan fingerprint density at radius 2 is 1.92 bits per heavy atom. The number of aromatic nitrogens is 2. The van der Waals surface area contributed by atoms with E-state index in [4.69, 9.17) is 17.3 Å². The van der Waals surface area contributed by atoms with Gasteiger partial charge in [-0.1, -0.05) is 42.8 Å². The van der Waals surface area contributed by atoms with Crippen molar-refractivity contribution in [2.24, 2.45) is 5.73 Å². The van der Waals surface area contributed by atoms with Crippen LogP contribution in [0.1, 0.15) is 25.2 Å². The maximum absolute atomic E-state index is 12.9. The second-order valence-electron chi connectivity index (χ2n) is 5.24. The molecule has 0 amide bonds. The van der Waals surface area contributed by atoms with Crippen molar-refractivity contribution in [3.05, 3.63) is 69.7 Å². The van der Waals surface area contributed by atoms with Crippen molar-refractivity contribution in [1.82, 2.24) is 9.66 Å². The first-order valence-corrected chi connectivity index (χ1v) is 7.78. The Balaban J connectivity index is 0.00000208. The van der Waals surface area contributed by atoms with Crippen LogP contribution in [0.3, 0.4) is 0 Å². The number of hydrogen-bond acceptors (Lipinski definition) is 4. The highest BCUT2D eigenvalue weighted by atomic mass is 35.5. The molecule has 0 bridgehead atoms. The van der Waals surface area contributed by atoms with Gasteiger partial charge in [0.05, 0.1) is 27.7 Å². The van der Waals surface area contributed by atoms with Crippen molar-refractivity contribution in [3.63, 3.8) is 0 Å². The Hall–Kier alpha value is -2.08. The molecule has 0 aliphatic carbocycles. The van der Waals surface area contributed by atoms with E-state index in [1.165, 1.54) is 4.68 Å². The van der Waals surface area contributed by atoms with E-state index in [2.05, 4.69) is 10.4 Å². The minimum atomic E-state index is -0.359. The molecule has 7 heteroatoms. The van der Waals surface area contributed by atoms with Crippen molar-refractivity contribution in [2.45, 2.75) is 19.4 Å². The molecule has 0 spiro atoms. The summed E-state index contributed by atoms with van der Waals surface area (Å²) in [7, 11) is 0. The summed E-state index contributed by atoms with van der Waals surface area (Å²) in [5.41, 5.74) is 10.3. The first kappa shape index (κ1) is 18.3. The van der Waals surface area contributed by atoms with Crippen molar-refractivity contribution in [3.8, 4) is 0 Å². The molecule has 0 aliphatic rings. The number of rotatable bonds is 4. The van der Waals surface area contributed by atoms with E-state index >= 15 is 0 Å². The van der Waals surface area contributed by atoms with Crippen molar-refractivity contribution >= 4 is 40.6 Å². The van der Waals surface area contributed by atoms with Gasteiger partial charge in [-0.15, -0.1) is 12.4 Å². The molecule has 3 aromatic rings. The van der Waals surface area contributed by atoms with Gasteiger partial charge >= 0.3 is 0 Å². The van der Waals surface area contributed by atoms with Crippen molar-refractivity contribution in [1.29, 1.82) is 0 Å². The van der Waals surface area contributed by atoms with E-state index in [1.807, 2.05) is 37.3 Å². The van der Waals surface area contributed by atoms with Gasteiger partial charge in [-0.2, -0.15) is 0 Å². The van der Waals surface area contributed by atoms with E-state index < -0.39 is 0 Å². The standard InChI is InChI=1S/C17H17ClN4O.ClH/c1-2-13(19)16-20-14-10-6-9-12(18)15(14)17(23)22(16)21-11-7-4-3-5-8-11;/h3-10,13,21H,2,19H2,1H3;1H/t13-;/m0./s1. The van der Waals surface area contributed by atoms with Crippen LogP contribution in [-0.4, -0.2) is 9.66 Å². The van der Waals surface area contributed by atoms with Gasteiger partial charge in [-0.25, -0.2) is 9.66 Å². The summed E-state index contributed by atoms with van der Waals surface area (Å²) in [6.07, 6.45) is 0.662. The van der Waals surface area contributed by atoms with Crippen LogP contribution in [0, 0.1) is 0 Å². The summed E-state index contributed by atoms with van der Waals surface area (Å²) in [6.45, 7) is 1.95. The van der Waals surface area contributed by atoms with Crippen LogP contribution in [0.4, 0.5) is 5.69 Å². The highest BCUT2D eigenvalue weighted by molar-refractivity contribution is 6.35. The van der Waals surface area contributed by atoms with Gasteiger partial charge in [-0.3, -0.25) is 10.2 Å². The molecule has 3 N–H and O–H groups in total. The van der Waals surface area contributed by atoms with Gasteiger partial charge in [-0.05, 0) is 30.7 Å². The predicted molar refractivity (Wildman–Crippen MR) is 101 cm³/mol. The normalized spacial score (nSPS) is 11.8. The Kier molecular flexibility index (Phi) is 5.83. The number of halogens is 2. The van der Waals surface area contributed by atoms with E-state index in [-0.39, 0.29) is 24.0 Å². The van der Waals surface area contributed by atoms with Crippen molar-refractivity contribution < 1.29 is 0 Å². The zero-order valence-electron chi connectivity index (χ0n) is 13.1. The second kappa shape index (κ2) is 7.66. The van der Waals surface area contributed by atoms with Crippen LogP contribution < -0.4 is 16.7 Å². The third-order valence-electron chi connectivity index (χ3n) is 3.66. The molecule has 0 fully saturated rings. The summed E-state index contributed by atoms with van der Waals surface area (Å²) in [4.78, 5) is 17.5. The fourth-order valence-electron chi connectivity index (χ4n) is 2.39. The molecular formula is C17H18Cl2N4O. The fraction of sp³-hybridized carbons (Fsp3) is 0.176. The number of nitrogens with one attached hydrogen (secondary N) is 1. The van der Waals surface area contributed by atoms with E-state index in [0.717, 1.165) is 5.69 Å². The lowest BCUT2D eigenvalue weighted by Gasteiger charge is -2.19. The number of hydrogen-bond donors (Lipinski definition) is 2. The summed E-state index contributed by atoms with van der Waals surface area (Å²) in [6, 6.07) is 14.3. The molecule has 0 saturated carbocycles. The molecule has 1 aromatic heterocycles. The predicted octanol–water partition coefficient (Wildman–Crippen LogP) is 3.76. The zero-order valence-corrected chi connectivity index (χ0v) is 14.6. The molecule has 0 radical (unpaired) electrons. The molecule has 24 heavy (non-hydrogen) atoms. The molecule has 126 valence electrons. The molecule has 3 rings (SSSR count). The number of benzene rings is 2. The van der Waals surface area contributed by atoms with Crippen LogP contribution in [0.2, 0.25) is 5.02 Å². The summed E-state index contributed by atoms with van der Waals surface area (Å²) in [5, 5.41) is 0.755. The van der Waals surface area contributed by atoms with Gasteiger partial charge < -0.3 is 5.73 Å². The zero-order chi connectivity index (χ0) is 16.4. The topological polar surface area (TPSA) is 72.9 Å². The van der Waals surface area contributed by atoms with E-state index in [9.17, 15) is 4.79 Å². The molecule has 0 saturated heterocycles. The first-order chi connectivity index (χ1) is 11.1. The Morgan fingerprint density at radius 1 is 1.21 bits per heavy atom. The number of anilines is 1. The fourth-order valence-corrected chi connectivity index (χ4v) is 2.64. The summed E-state index contributed by atoms with van der Waals surface area (Å²) >= 11 is 6.19. The number of nitrogens with two attached hydrogens (primary N) is 1. The number of nitrogens with zero attached hydrogens (tertiary/aromatic N) is 2. The van der Waals surface area contributed by atoms with Gasteiger partial charge in [0.25, 0.3) is 5.56 Å². The average molecular weight is 365 g/mol. The van der Waals surface area contributed by atoms with Gasteiger partial charge in [0.1, 0.15) is 5.82 Å². The number of para-hydroxylation sites is 1. The Morgan fingerprint density at radius 3 is 2.58 bits per heavy atom. The maximum atomic E-state index is 12.9. The van der Waals surface area contributed by atoms with Crippen LogP contribution in [0.25, 0.3) is 10.9 Å². The van der Waals surface area contributed by atoms with E-state index in [1.54, 1.807) is 18.2 Å². The number of fused-ring (bicyclic) bond motifs is 1. The highest BCUT2D eigenvalue weighted by Crippen LogP contribution is 2.21. The van der Waals surface area contributed by atoms with Gasteiger partial charge in [0, 0.05) is 0 Å². The lowest BCUT2D eigenvalue weighted by Crippen LogP contribution is -2.34. The van der Waals surface area contributed by atoms with E-state index in [0.29, 0.717) is 28.2 Å². The van der Waals surface area contributed by atoms with Crippen LogP contribution in [0.5, 0.6) is 0 Å². The second-order valence-corrected chi connectivity index (χ2v) is 5.64. The molecule has 0 unspecified atom stereocenters. The van der Waals surface area contributed by atoms with Crippen LogP contribution in [-0.2, 0) is 0 Å². The smallest absolute Gasteiger partial charge is 0.281 e. The lowest BCUT2D eigenvalue weighted by molar-refractivity contribution is 0.608. The highest BCUT2D eigenvalue weighted by Gasteiger charge is 2.17. The minimum absolute atomic E-state index is 0. The van der Waals surface area contributed by atoms with Crippen LogP contribution in [0.15, 0.2) is 53.3 Å². The minimum Gasteiger partial charge on any atom is -0.321 e. The molecular weight excluding hydrogens is 347 g/mol. The summed E-state index contributed by atoms with van der Waals surface area (Å²) < 4.78 is 1.39. The maximum Gasteiger partial charge on any atom is 0.281 e. The summed E-state index contributed by atoms with van der Waals surface area (Å²) in [5.74, 6) is 0.483. The molecule has 5 nitrogen and oxygen atoms in total. The molecule has 0 aliphatic heterocycles. The third-order valence-corrected chi connectivity index (χ3v) is 3.97. The Bertz CT molecular complexity index is 896. The SMILES string of the molecule is CC[C@H](N)c1nc2cccc(Cl)c2c(=O)n1Nc1ccccc1.Cl. The third kappa shape index (κ3) is 3.38. The molecule has 2 aromatic carbocycles. The first-order valence-electron chi connectivity index (χ1n) is 7.40. The monoisotopic (exact) mass is 364 g/mol. The largest absolute Gasteiger partial charge is 0.321 e. The Labute approximate surface area is 150 Å².